The monoisotopic (exact) mass is 308 g/mol. The molecule has 2 aromatic heterocycles. The smallest absolute Gasteiger partial charge is 0.249 e. The third kappa shape index (κ3) is 3.37. The Kier molecular flexibility index (Phi) is 4.05. The molecule has 1 aromatic carbocycles. The average Bonchev–Trinajstić information content (AvgIpc) is 2.56. The summed E-state index contributed by atoms with van der Waals surface area (Å²) in [7, 11) is 0. The zero-order valence-corrected chi connectivity index (χ0v) is 12.9. The van der Waals surface area contributed by atoms with E-state index in [1.807, 2.05) is 32.0 Å². The Morgan fingerprint density at radius 2 is 1.65 bits per heavy atom. The molecule has 0 amide bonds. The van der Waals surface area contributed by atoms with Crippen LogP contribution < -0.4 is 15.2 Å². The standard InChI is InChI=1S/C17H16N4O2/c1-11-5-6-13(8-12(11)2)22-16-15(18)17(21-10-20-16)23-14-4-3-7-19-9-14/h3-10H,18H2,1-2H3. The Morgan fingerprint density at radius 1 is 0.913 bits per heavy atom. The lowest BCUT2D eigenvalue weighted by Gasteiger charge is -2.11. The molecule has 0 fully saturated rings. The Labute approximate surface area is 134 Å². The molecule has 116 valence electrons. The summed E-state index contributed by atoms with van der Waals surface area (Å²) in [5, 5.41) is 0. The number of ether oxygens (including phenoxy) is 2. The highest BCUT2D eigenvalue weighted by Gasteiger charge is 2.12. The second kappa shape index (κ2) is 6.31. The summed E-state index contributed by atoms with van der Waals surface area (Å²) in [5.41, 5.74) is 8.60. The van der Waals surface area contributed by atoms with Crippen LogP contribution in [0.4, 0.5) is 5.69 Å². The van der Waals surface area contributed by atoms with Crippen molar-refractivity contribution in [1.29, 1.82) is 0 Å². The first-order chi connectivity index (χ1) is 11.1. The van der Waals surface area contributed by atoms with E-state index < -0.39 is 0 Å². The topological polar surface area (TPSA) is 83.2 Å². The molecule has 2 heterocycles. The minimum Gasteiger partial charge on any atom is -0.437 e. The molecule has 23 heavy (non-hydrogen) atoms. The van der Waals surface area contributed by atoms with E-state index in [4.69, 9.17) is 15.2 Å². The van der Waals surface area contributed by atoms with Crippen molar-refractivity contribution in [3.8, 4) is 23.3 Å². The Balaban J connectivity index is 1.86. The van der Waals surface area contributed by atoms with Gasteiger partial charge in [-0.2, -0.15) is 9.97 Å². The second-order valence-electron chi connectivity index (χ2n) is 5.04. The zero-order valence-electron chi connectivity index (χ0n) is 12.9. The van der Waals surface area contributed by atoms with E-state index in [0.717, 1.165) is 5.56 Å². The van der Waals surface area contributed by atoms with Crippen molar-refractivity contribution in [2.45, 2.75) is 13.8 Å². The number of hydrogen-bond acceptors (Lipinski definition) is 6. The summed E-state index contributed by atoms with van der Waals surface area (Å²) in [6.45, 7) is 4.06. The Bertz CT molecular complexity index is 822. The average molecular weight is 308 g/mol. The van der Waals surface area contributed by atoms with Gasteiger partial charge in [0.25, 0.3) is 0 Å². The molecule has 0 unspecified atom stereocenters. The lowest BCUT2D eigenvalue weighted by Crippen LogP contribution is -2.00. The van der Waals surface area contributed by atoms with E-state index >= 15 is 0 Å². The summed E-state index contributed by atoms with van der Waals surface area (Å²) in [4.78, 5) is 12.1. The second-order valence-corrected chi connectivity index (χ2v) is 5.04. The molecule has 2 N–H and O–H groups in total. The molecule has 6 nitrogen and oxygen atoms in total. The first-order valence-electron chi connectivity index (χ1n) is 7.07. The van der Waals surface area contributed by atoms with Crippen LogP contribution >= 0.6 is 0 Å². The predicted octanol–water partition coefficient (Wildman–Crippen LogP) is 3.66. The summed E-state index contributed by atoms with van der Waals surface area (Å²) < 4.78 is 11.4. The lowest BCUT2D eigenvalue weighted by molar-refractivity contribution is 0.437. The van der Waals surface area contributed by atoms with E-state index in [0.29, 0.717) is 11.5 Å². The SMILES string of the molecule is Cc1ccc(Oc2ncnc(Oc3cccnc3)c2N)cc1C. The highest BCUT2D eigenvalue weighted by atomic mass is 16.5. The largest absolute Gasteiger partial charge is 0.437 e. The van der Waals surface area contributed by atoms with E-state index in [-0.39, 0.29) is 17.4 Å². The van der Waals surface area contributed by atoms with Crippen LogP contribution in [-0.2, 0) is 0 Å². The molecular formula is C17H16N4O2. The first kappa shape index (κ1) is 14.8. The van der Waals surface area contributed by atoms with Crippen LogP contribution in [0.2, 0.25) is 0 Å². The van der Waals surface area contributed by atoms with Gasteiger partial charge in [-0.1, -0.05) is 6.07 Å². The van der Waals surface area contributed by atoms with E-state index in [2.05, 4.69) is 15.0 Å². The van der Waals surface area contributed by atoms with Gasteiger partial charge < -0.3 is 15.2 Å². The van der Waals surface area contributed by atoms with Gasteiger partial charge in [0.1, 0.15) is 17.8 Å². The molecule has 3 aromatic rings. The molecule has 6 heteroatoms. The van der Waals surface area contributed by atoms with E-state index in [1.165, 1.54) is 11.9 Å². The molecular weight excluding hydrogens is 292 g/mol. The summed E-state index contributed by atoms with van der Waals surface area (Å²) >= 11 is 0. The maximum absolute atomic E-state index is 6.05. The molecule has 3 rings (SSSR count). The van der Waals surface area contributed by atoms with Crippen molar-refractivity contribution in [3.05, 3.63) is 60.2 Å². The predicted molar refractivity (Wildman–Crippen MR) is 86.7 cm³/mol. The Morgan fingerprint density at radius 3 is 2.30 bits per heavy atom. The molecule has 0 radical (unpaired) electrons. The summed E-state index contributed by atoms with van der Waals surface area (Å²) in [5.74, 6) is 1.68. The van der Waals surface area contributed by atoms with Crippen LogP contribution in [0.5, 0.6) is 23.3 Å². The normalized spacial score (nSPS) is 10.3. The van der Waals surface area contributed by atoms with Gasteiger partial charge in [0.15, 0.2) is 5.69 Å². The zero-order chi connectivity index (χ0) is 16.2. The minimum absolute atomic E-state index is 0.229. The molecule has 0 aliphatic heterocycles. The molecule has 0 aliphatic carbocycles. The van der Waals surface area contributed by atoms with Gasteiger partial charge >= 0.3 is 0 Å². The molecule has 0 aliphatic rings. The Hall–Kier alpha value is -3.15. The number of benzene rings is 1. The van der Waals surface area contributed by atoms with E-state index in [1.54, 1.807) is 24.5 Å². The van der Waals surface area contributed by atoms with Crippen molar-refractivity contribution in [2.75, 3.05) is 5.73 Å². The van der Waals surface area contributed by atoms with Gasteiger partial charge in [-0.25, -0.2) is 0 Å². The molecule has 0 spiro atoms. The van der Waals surface area contributed by atoms with Crippen LogP contribution in [-0.4, -0.2) is 15.0 Å². The number of aromatic nitrogens is 3. The van der Waals surface area contributed by atoms with Gasteiger partial charge in [-0.15, -0.1) is 0 Å². The third-order valence-corrected chi connectivity index (χ3v) is 3.35. The minimum atomic E-state index is 0.229. The van der Waals surface area contributed by atoms with E-state index in [9.17, 15) is 0 Å². The molecule has 0 bridgehead atoms. The van der Waals surface area contributed by atoms with Crippen molar-refractivity contribution >= 4 is 5.69 Å². The van der Waals surface area contributed by atoms with Gasteiger partial charge in [0, 0.05) is 6.20 Å². The van der Waals surface area contributed by atoms with Crippen LogP contribution in [0.3, 0.4) is 0 Å². The van der Waals surface area contributed by atoms with Gasteiger partial charge in [0.05, 0.1) is 6.20 Å². The number of aryl methyl sites for hydroxylation is 2. The summed E-state index contributed by atoms with van der Waals surface area (Å²) in [6.07, 6.45) is 4.58. The quantitative estimate of drug-likeness (QED) is 0.792. The number of nitrogens with zero attached hydrogens (tertiary/aromatic N) is 3. The molecule has 0 saturated heterocycles. The number of nitrogen functional groups attached to an aromatic ring is 1. The number of pyridine rings is 1. The van der Waals surface area contributed by atoms with Crippen molar-refractivity contribution in [3.63, 3.8) is 0 Å². The lowest BCUT2D eigenvalue weighted by atomic mass is 10.1. The van der Waals surface area contributed by atoms with Crippen LogP contribution in [0.1, 0.15) is 11.1 Å². The fourth-order valence-electron chi connectivity index (χ4n) is 1.94. The number of rotatable bonds is 4. The van der Waals surface area contributed by atoms with Gasteiger partial charge in [-0.05, 0) is 49.2 Å². The maximum Gasteiger partial charge on any atom is 0.249 e. The van der Waals surface area contributed by atoms with Crippen molar-refractivity contribution in [1.82, 2.24) is 15.0 Å². The first-order valence-corrected chi connectivity index (χ1v) is 7.07. The van der Waals surface area contributed by atoms with Crippen LogP contribution in [0.25, 0.3) is 0 Å². The fourth-order valence-corrected chi connectivity index (χ4v) is 1.94. The fraction of sp³-hybridized carbons (Fsp3) is 0.118. The third-order valence-electron chi connectivity index (χ3n) is 3.35. The van der Waals surface area contributed by atoms with Gasteiger partial charge in [-0.3, -0.25) is 4.98 Å². The van der Waals surface area contributed by atoms with Crippen molar-refractivity contribution < 1.29 is 9.47 Å². The number of hydrogen-bond donors (Lipinski definition) is 1. The highest BCUT2D eigenvalue weighted by molar-refractivity contribution is 5.57. The molecule has 0 saturated carbocycles. The number of nitrogens with two attached hydrogens (primary N) is 1. The highest BCUT2D eigenvalue weighted by Crippen LogP contribution is 2.33. The van der Waals surface area contributed by atoms with Crippen LogP contribution in [0.15, 0.2) is 49.1 Å². The maximum atomic E-state index is 6.05. The van der Waals surface area contributed by atoms with Gasteiger partial charge in [0.2, 0.25) is 11.8 Å². The molecule has 0 atom stereocenters. The van der Waals surface area contributed by atoms with Crippen molar-refractivity contribution in [2.24, 2.45) is 0 Å². The number of anilines is 1. The van der Waals surface area contributed by atoms with Crippen LogP contribution in [0, 0.1) is 13.8 Å². The summed E-state index contributed by atoms with van der Waals surface area (Å²) in [6, 6.07) is 9.30.